The predicted octanol–water partition coefficient (Wildman–Crippen LogP) is 4.02. The minimum atomic E-state index is -0.274. The summed E-state index contributed by atoms with van der Waals surface area (Å²) in [4.78, 5) is 27.4. The third-order valence-corrected chi connectivity index (χ3v) is 4.35. The van der Waals surface area contributed by atoms with Crippen LogP contribution in [0.3, 0.4) is 0 Å². The molecule has 7 heteroatoms. The zero-order valence-corrected chi connectivity index (χ0v) is 16.3. The summed E-state index contributed by atoms with van der Waals surface area (Å²) < 4.78 is 0. The van der Waals surface area contributed by atoms with Gasteiger partial charge in [0.25, 0.3) is 5.91 Å². The highest BCUT2D eigenvalue weighted by Crippen LogP contribution is 2.25. The summed E-state index contributed by atoms with van der Waals surface area (Å²) in [5.74, 6) is 0.344. The molecular formula is C21H24N6O. The Balaban J connectivity index is 1.74. The van der Waals surface area contributed by atoms with Gasteiger partial charge in [-0.15, -0.1) is 0 Å². The molecule has 0 atom stereocenters. The van der Waals surface area contributed by atoms with Gasteiger partial charge in [-0.05, 0) is 39.0 Å². The van der Waals surface area contributed by atoms with Crippen LogP contribution in [-0.4, -0.2) is 33.9 Å². The number of benzene rings is 1. The monoisotopic (exact) mass is 376 g/mol. The first-order valence-electron chi connectivity index (χ1n) is 9.26. The van der Waals surface area contributed by atoms with Gasteiger partial charge >= 0.3 is 0 Å². The van der Waals surface area contributed by atoms with Crippen LogP contribution in [0.2, 0.25) is 0 Å². The van der Waals surface area contributed by atoms with Crippen molar-refractivity contribution >= 4 is 28.9 Å². The number of anilines is 4. The standard InChI is InChI=1S/C21H24N6O/c1-4-27(5-2)21-23-12-16(13-24-21)20(28)26-18-10-11-22-14-19(18)25-17-8-6-15(3)7-9-17/h6-14,25H,4-5H2,1-3H3,(H,22,26,28). The van der Waals surface area contributed by atoms with Crippen molar-refractivity contribution in [3.8, 4) is 0 Å². The van der Waals surface area contributed by atoms with Gasteiger partial charge in [0.1, 0.15) is 0 Å². The van der Waals surface area contributed by atoms with Gasteiger partial charge < -0.3 is 15.5 Å². The van der Waals surface area contributed by atoms with Crippen molar-refractivity contribution in [1.82, 2.24) is 15.0 Å². The van der Waals surface area contributed by atoms with Crippen molar-refractivity contribution in [2.24, 2.45) is 0 Å². The van der Waals surface area contributed by atoms with E-state index < -0.39 is 0 Å². The molecule has 2 aromatic heterocycles. The lowest BCUT2D eigenvalue weighted by atomic mass is 10.2. The third-order valence-electron chi connectivity index (χ3n) is 4.35. The molecule has 0 aliphatic rings. The third kappa shape index (κ3) is 4.62. The molecule has 0 bridgehead atoms. The van der Waals surface area contributed by atoms with Crippen LogP contribution < -0.4 is 15.5 Å². The molecule has 0 unspecified atom stereocenters. The second kappa shape index (κ2) is 8.94. The minimum absolute atomic E-state index is 0.274. The summed E-state index contributed by atoms with van der Waals surface area (Å²) in [6.07, 6.45) is 6.40. The number of aryl methyl sites for hydroxylation is 1. The minimum Gasteiger partial charge on any atom is -0.353 e. The van der Waals surface area contributed by atoms with Crippen molar-refractivity contribution in [2.75, 3.05) is 28.6 Å². The first-order valence-corrected chi connectivity index (χ1v) is 9.26. The molecule has 144 valence electrons. The molecule has 0 aliphatic heterocycles. The highest BCUT2D eigenvalue weighted by atomic mass is 16.1. The van der Waals surface area contributed by atoms with E-state index >= 15 is 0 Å². The quantitative estimate of drug-likeness (QED) is 0.648. The van der Waals surface area contributed by atoms with Gasteiger partial charge in [0, 0.05) is 37.4 Å². The molecule has 0 radical (unpaired) electrons. The number of hydrogen-bond donors (Lipinski definition) is 2. The van der Waals surface area contributed by atoms with Gasteiger partial charge in [-0.3, -0.25) is 9.78 Å². The van der Waals surface area contributed by atoms with Crippen LogP contribution in [0.4, 0.5) is 23.0 Å². The number of carbonyl (C=O) groups is 1. The second-order valence-electron chi connectivity index (χ2n) is 6.31. The molecular weight excluding hydrogens is 352 g/mol. The molecule has 0 saturated heterocycles. The van der Waals surface area contributed by atoms with Gasteiger partial charge in [-0.1, -0.05) is 17.7 Å². The van der Waals surface area contributed by atoms with E-state index in [0.717, 1.165) is 18.8 Å². The van der Waals surface area contributed by atoms with Crippen molar-refractivity contribution in [3.05, 3.63) is 66.2 Å². The zero-order valence-electron chi connectivity index (χ0n) is 16.3. The Morgan fingerprint density at radius 1 is 0.964 bits per heavy atom. The predicted molar refractivity (Wildman–Crippen MR) is 112 cm³/mol. The van der Waals surface area contributed by atoms with E-state index in [4.69, 9.17) is 0 Å². The van der Waals surface area contributed by atoms with E-state index in [2.05, 4.69) is 25.6 Å². The average Bonchev–Trinajstić information content (AvgIpc) is 2.72. The normalized spacial score (nSPS) is 10.4. The van der Waals surface area contributed by atoms with Crippen molar-refractivity contribution in [3.63, 3.8) is 0 Å². The summed E-state index contributed by atoms with van der Waals surface area (Å²) in [5, 5.41) is 6.18. The second-order valence-corrected chi connectivity index (χ2v) is 6.31. The zero-order chi connectivity index (χ0) is 19.9. The van der Waals surface area contributed by atoms with Gasteiger partial charge in [0.05, 0.1) is 23.1 Å². The lowest BCUT2D eigenvalue weighted by molar-refractivity contribution is 0.102. The molecule has 1 amide bonds. The number of nitrogens with one attached hydrogen (secondary N) is 2. The van der Waals surface area contributed by atoms with E-state index in [0.29, 0.717) is 22.9 Å². The Hall–Kier alpha value is -3.48. The molecule has 0 saturated carbocycles. The summed E-state index contributed by atoms with van der Waals surface area (Å²) in [6.45, 7) is 7.74. The number of amides is 1. The number of hydrogen-bond acceptors (Lipinski definition) is 6. The lowest BCUT2D eigenvalue weighted by Crippen LogP contribution is -2.24. The van der Waals surface area contributed by atoms with Crippen LogP contribution in [0.25, 0.3) is 0 Å². The average molecular weight is 376 g/mol. The van der Waals surface area contributed by atoms with Crippen LogP contribution in [-0.2, 0) is 0 Å². The Kier molecular flexibility index (Phi) is 6.16. The van der Waals surface area contributed by atoms with Crippen LogP contribution in [0.1, 0.15) is 29.8 Å². The highest BCUT2D eigenvalue weighted by molar-refractivity contribution is 6.05. The molecule has 0 fully saturated rings. The summed E-state index contributed by atoms with van der Waals surface area (Å²) in [7, 11) is 0. The van der Waals surface area contributed by atoms with Gasteiger partial charge in [-0.2, -0.15) is 0 Å². The van der Waals surface area contributed by atoms with E-state index in [1.165, 1.54) is 5.56 Å². The van der Waals surface area contributed by atoms with E-state index in [1.807, 2.05) is 49.9 Å². The van der Waals surface area contributed by atoms with Crippen molar-refractivity contribution in [1.29, 1.82) is 0 Å². The lowest BCUT2D eigenvalue weighted by Gasteiger charge is -2.18. The maximum absolute atomic E-state index is 12.6. The fourth-order valence-electron chi connectivity index (χ4n) is 2.70. The van der Waals surface area contributed by atoms with E-state index in [9.17, 15) is 4.79 Å². The highest BCUT2D eigenvalue weighted by Gasteiger charge is 2.12. The molecule has 0 spiro atoms. The number of aromatic nitrogens is 3. The van der Waals surface area contributed by atoms with Gasteiger partial charge in [0.15, 0.2) is 0 Å². The maximum Gasteiger partial charge on any atom is 0.258 e. The fourth-order valence-corrected chi connectivity index (χ4v) is 2.70. The van der Waals surface area contributed by atoms with Crippen molar-refractivity contribution in [2.45, 2.75) is 20.8 Å². The van der Waals surface area contributed by atoms with Crippen LogP contribution in [0, 0.1) is 6.92 Å². The summed E-state index contributed by atoms with van der Waals surface area (Å²) in [6, 6.07) is 9.75. The smallest absolute Gasteiger partial charge is 0.258 e. The molecule has 0 aliphatic carbocycles. The number of pyridine rings is 1. The molecule has 2 N–H and O–H groups in total. The molecule has 1 aromatic carbocycles. The number of nitrogens with zero attached hydrogens (tertiary/aromatic N) is 4. The first-order chi connectivity index (χ1) is 13.6. The Labute approximate surface area is 164 Å². The number of rotatable bonds is 7. The molecule has 2 heterocycles. The molecule has 7 nitrogen and oxygen atoms in total. The van der Waals surface area contributed by atoms with Crippen LogP contribution in [0.5, 0.6) is 0 Å². The SMILES string of the molecule is CCN(CC)c1ncc(C(=O)Nc2ccncc2Nc2ccc(C)cc2)cn1. The van der Waals surface area contributed by atoms with Gasteiger partial charge in [0.2, 0.25) is 5.95 Å². The number of carbonyl (C=O) groups excluding carboxylic acids is 1. The summed E-state index contributed by atoms with van der Waals surface area (Å²) in [5.41, 5.74) is 3.84. The fraction of sp³-hybridized carbons (Fsp3) is 0.238. The molecule has 28 heavy (non-hydrogen) atoms. The van der Waals surface area contributed by atoms with E-state index in [1.54, 1.807) is 30.9 Å². The van der Waals surface area contributed by atoms with Crippen LogP contribution >= 0.6 is 0 Å². The Morgan fingerprint density at radius 3 is 2.29 bits per heavy atom. The summed E-state index contributed by atoms with van der Waals surface area (Å²) >= 11 is 0. The van der Waals surface area contributed by atoms with Crippen molar-refractivity contribution < 1.29 is 4.79 Å². The largest absolute Gasteiger partial charge is 0.353 e. The molecule has 3 rings (SSSR count). The topological polar surface area (TPSA) is 83.0 Å². The van der Waals surface area contributed by atoms with E-state index in [-0.39, 0.29) is 5.91 Å². The Bertz CT molecular complexity index is 920. The Morgan fingerprint density at radius 2 is 1.64 bits per heavy atom. The van der Waals surface area contributed by atoms with Crippen LogP contribution in [0.15, 0.2) is 55.1 Å². The maximum atomic E-state index is 12.6. The molecule has 3 aromatic rings. The van der Waals surface area contributed by atoms with Gasteiger partial charge in [-0.25, -0.2) is 9.97 Å². The first kappa shape index (κ1) is 19.3.